The van der Waals surface area contributed by atoms with Gasteiger partial charge in [0.05, 0.1) is 20.3 Å². The van der Waals surface area contributed by atoms with Crippen LogP contribution in [0.15, 0.2) is 47.5 Å². The maximum Gasteiger partial charge on any atom is 0.227 e. The van der Waals surface area contributed by atoms with Gasteiger partial charge >= 0.3 is 0 Å². The van der Waals surface area contributed by atoms with Gasteiger partial charge in [0.25, 0.3) is 0 Å². The number of nitrogens with one attached hydrogen (secondary N) is 2. The van der Waals surface area contributed by atoms with Crippen molar-refractivity contribution in [3.63, 3.8) is 0 Å². The van der Waals surface area contributed by atoms with Gasteiger partial charge in [-0.1, -0.05) is 18.2 Å². The van der Waals surface area contributed by atoms with Gasteiger partial charge in [-0.25, -0.2) is 0 Å². The van der Waals surface area contributed by atoms with Crippen LogP contribution in [0.2, 0.25) is 0 Å². The first-order valence-electron chi connectivity index (χ1n) is 10.6. The van der Waals surface area contributed by atoms with E-state index in [2.05, 4.69) is 21.7 Å². The number of hydrogen-bond donors (Lipinski definition) is 2. The molecule has 3 rings (SSSR count). The minimum absolute atomic E-state index is 0. The zero-order valence-electron chi connectivity index (χ0n) is 19.2. The van der Waals surface area contributed by atoms with Crippen LogP contribution in [-0.4, -0.2) is 46.2 Å². The van der Waals surface area contributed by atoms with Crippen LogP contribution < -0.4 is 25.0 Å². The van der Waals surface area contributed by atoms with E-state index in [4.69, 9.17) is 9.47 Å². The summed E-state index contributed by atoms with van der Waals surface area (Å²) < 4.78 is 10.8. The summed E-state index contributed by atoms with van der Waals surface area (Å²) in [4.78, 5) is 18.8. The van der Waals surface area contributed by atoms with Crippen molar-refractivity contribution in [2.75, 3.05) is 39.3 Å². The lowest BCUT2D eigenvalue weighted by atomic mass is 10.1. The van der Waals surface area contributed by atoms with E-state index in [0.717, 1.165) is 42.1 Å². The van der Waals surface area contributed by atoms with E-state index in [1.54, 1.807) is 21.3 Å². The number of hydrogen-bond acceptors (Lipinski definition) is 4. The molecule has 1 amide bonds. The molecule has 2 aromatic rings. The Hall–Kier alpha value is -2.49. The number of ether oxygens (including phenoxy) is 2. The second-order valence-electron chi connectivity index (χ2n) is 7.50. The summed E-state index contributed by atoms with van der Waals surface area (Å²) in [7, 11) is 5.03. The average molecular weight is 552 g/mol. The zero-order chi connectivity index (χ0) is 22.2. The Labute approximate surface area is 207 Å². The average Bonchev–Trinajstić information content (AvgIpc) is 3.24. The van der Waals surface area contributed by atoms with Crippen LogP contribution in [0.1, 0.15) is 36.9 Å². The first-order chi connectivity index (χ1) is 15.1. The molecule has 2 aromatic carbocycles. The molecule has 1 aliphatic heterocycles. The van der Waals surface area contributed by atoms with E-state index in [9.17, 15) is 4.79 Å². The Balaban J connectivity index is 0.00000363. The van der Waals surface area contributed by atoms with Gasteiger partial charge in [0.15, 0.2) is 5.96 Å². The minimum Gasteiger partial charge on any atom is -0.497 e. The number of guanidine groups is 1. The van der Waals surface area contributed by atoms with Crippen LogP contribution in [0.3, 0.4) is 0 Å². The fourth-order valence-electron chi connectivity index (χ4n) is 3.83. The summed E-state index contributed by atoms with van der Waals surface area (Å²) in [6.45, 7) is 3.47. The molecule has 7 nitrogen and oxygen atoms in total. The van der Waals surface area contributed by atoms with Gasteiger partial charge in [0.1, 0.15) is 11.5 Å². The van der Waals surface area contributed by atoms with Crippen molar-refractivity contribution >= 4 is 41.5 Å². The molecular weight excluding hydrogens is 519 g/mol. The summed E-state index contributed by atoms with van der Waals surface area (Å²) in [5, 5.41) is 6.67. The molecule has 0 bridgehead atoms. The van der Waals surface area contributed by atoms with Crippen LogP contribution >= 0.6 is 24.0 Å². The lowest BCUT2D eigenvalue weighted by molar-refractivity contribution is -0.118. The van der Waals surface area contributed by atoms with Gasteiger partial charge in [0.2, 0.25) is 5.91 Å². The van der Waals surface area contributed by atoms with Crippen LogP contribution in [-0.2, 0) is 11.2 Å². The highest BCUT2D eigenvalue weighted by atomic mass is 127. The number of aliphatic imine (C=N–C) groups is 1. The second kappa shape index (κ2) is 12.5. The van der Waals surface area contributed by atoms with Gasteiger partial charge in [-0.05, 0) is 49.6 Å². The summed E-state index contributed by atoms with van der Waals surface area (Å²) in [6.07, 6.45) is 2.16. The Kier molecular flexibility index (Phi) is 10.1. The highest BCUT2D eigenvalue weighted by Crippen LogP contribution is 2.29. The Morgan fingerprint density at radius 1 is 1.19 bits per heavy atom. The predicted molar refractivity (Wildman–Crippen MR) is 140 cm³/mol. The predicted octanol–water partition coefficient (Wildman–Crippen LogP) is 3.92. The molecule has 0 aliphatic carbocycles. The summed E-state index contributed by atoms with van der Waals surface area (Å²) in [5.74, 6) is 2.41. The Morgan fingerprint density at radius 3 is 2.69 bits per heavy atom. The van der Waals surface area contributed by atoms with E-state index in [1.807, 2.05) is 48.2 Å². The third-order valence-corrected chi connectivity index (χ3v) is 5.53. The summed E-state index contributed by atoms with van der Waals surface area (Å²) in [6, 6.07) is 13.8. The number of rotatable bonds is 8. The number of nitrogens with zero attached hydrogens (tertiary/aromatic N) is 2. The van der Waals surface area contributed by atoms with E-state index < -0.39 is 0 Å². The van der Waals surface area contributed by atoms with Crippen molar-refractivity contribution < 1.29 is 14.3 Å². The molecule has 2 N–H and O–H groups in total. The number of fused-ring (bicyclic) bond motifs is 1. The van der Waals surface area contributed by atoms with Crippen molar-refractivity contribution in [2.45, 2.75) is 32.2 Å². The van der Waals surface area contributed by atoms with E-state index >= 15 is 0 Å². The maximum atomic E-state index is 12.6. The van der Waals surface area contributed by atoms with Crippen molar-refractivity contribution in [2.24, 2.45) is 4.99 Å². The van der Waals surface area contributed by atoms with Gasteiger partial charge in [-0.3, -0.25) is 9.79 Å². The van der Waals surface area contributed by atoms with E-state index in [1.165, 1.54) is 5.56 Å². The molecule has 0 aromatic heterocycles. The molecule has 1 heterocycles. The van der Waals surface area contributed by atoms with Crippen molar-refractivity contribution in [1.82, 2.24) is 10.6 Å². The zero-order valence-corrected chi connectivity index (χ0v) is 21.5. The van der Waals surface area contributed by atoms with Crippen molar-refractivity contribution in [1.29, 1.82) is 0 Å². The SMILES string of the molecule is CN=C(NCCCC(=O)N1CCc2ccccc21)NC(C)c1cc(OC)ccc1OC.I. The van der Waals surface area contributed by atoms with E-state index in [-0.39, 0.29) is 35.9 Å². The van der Waals surface area contributed by atoms with Crippen molar-refractivity contribution in [3.05, 3.63) is 53.6 Å². The Bertz CT molecular complexity index is 935. The molecule has 8 heteroatoms. The number of para-hydroxylation sites is 1. The fourth-order valence-corrected chi connectivity index (χ4v) is 3.83. The molecule has 0 saturated heterocycles. The maximum absolute atomic E-state index is 12.6. The smallest absolute Gasteiger partial charge is 0.227 e. The standard InChI is InChI=1S/C24H32N4O3.HI/c1-17(20-16-19(30-3)11-12-22(20)31-4)27-24(25-2)26-14-7-10-23(29)28-15-13-18-8-5-6-9-21(18)28;/h5-6,8-9,11-12,16-17H,7,10,13-15H2,1-4H3,(H2,25,26,27);1H. The first-order valence-corrected chi connectivity index (χ1v) is 10.6. The third kappa shape index (κ3) is 6.27. The van der Waals surface area contributed by atoms with Crippen LogP contribution in [0.25, 0.3) is 0 Å². The van der Waals surface area contributed by atoms with Gasteiger partial charge < -0.3 is 25.0 Å². The summed E-state index contributed by atoms with van der Waals surface area (Å²) in [5.41, 5.74) is 3.28. The van der Waals surface area contributed by atoms with Crippen LogP contribution in [0.5, 0.6) is 11.5 Å². The molecule has 32 heavy (non-hydrogen) atoms. The topological polar surface area (TPSA) is 75.2 Å². The van der Waals surface area contributed by atoms with Crippen molar-refractivity contribution in [3.8, 4) is 11.5 Å². The monoisotopic (exact) mass is 552 g/mol. The number of methoxy groups -OCH3 is 2. The molecule has 1 aliphatic rings. The highest BCUT2D eigenvalue weighted by molar-refractivity contribution is 14.0. The fraction of sp³-hybridized carbons (Fsp3) is 0.417. The quantitative estimate of drug-likeness (QED) is 0.225. The number of carbonyl (C=O) groups is 1. The van der Waals surface area contributed by atoms with Gasteiger partial charge in [-0.2, -0.15) is 0 Å². The molecule has 174 valence electrons. The lowest BCUT2D eigenvalue weighted by Gasteiger charge is -2.21. The van der Waals surface area contributed by atoms with Gasteiger partial charge in [0, 0.05) is 37.8 Å². The number of amides is 1. The second-order valence-corrected chi connectivity index (χ2v) is 7.50. The highest BCUT2D eigenvalue weighted by Gasteiger charge is 2.23. The molecule has 1 unspecified atom stereocenters. The minimum atomic E-state index is -0.0426. The molecule has 0 spiro atoms. The molecule has 0 saturated carbocycles. The van der Waals surface area contributed by atoms with Crippen LogP contribution in [0.4, 0.5) is 5.69 Å². The number of anilines is 1. The molecular formula is C24H33IN4O3. The lowest BCUT2D eigenvalue weighted by Crippen LogP contribution is -2.39. The number of benzene rings is 2. The van der Waals surface area contributed by atoms with Crippen LogP contribution in [0, 0.1) is 0 Å². The third-order valence-electron chi connectivity index (χ3n) is 5.53. The summed E-state index contributed by atoms with van der Waals surface area (Å²) >= 11 is 0. The Morgan fingerprint density at radius 2 is 1.97 bits per heavy atom. The number of halogens is 1. The molecule has 1 atom stereocenters. The van der Waals surface area contributed by atoms with E-state index in [0.29, 0.717) is 18.9 Å². The van der Waals surface area contributed by atoms with Gasteiger partial charge in [-0.15, -0.1) is 24.0 Å². The first kappa shape index (κ1) is 25.8. The normalized spacial score (nSPS) is 13.6. The molecule has 0 radical (unpaired) electrons. The molecule has 0 fully saturated rings. The largest absolute Gasteiger partial charge is 0.497 e. The number of carbonyl (C=O) groups excluding carboxylic acids is 1.